The Morgan fingerprint density at radius 1 is 1.33 bits per heavy atom. The summed E-state index contributed by atoms with van der Waals surface area (Å²) in [6, 6.07) is 0. The molecule has 0 bridgehead atoms. The predicted octanol–water partition coefficient (Wildman–Crippen LogP) is -1.16. The van der Waals surface area contributed by atoms with Gasteiger partial charge in [-0.15, -0.1) is 0 Å². The van der Waals surface area contributed by atoms with Crippen molar-refractivity contribution < 1.29 is 22.2 Å². The van der Waals surface area contributed by atoms with Crippen molar-refractivity contribution in [2.24, 2.45) is 0 Å². The Labute approximate surface area is 64.7 Å². The van der Waals surface area contributed by atoms with Crippen LogP contribution in [-0.2, 0) is 17.1 Å². The summed E-state index contributed by atoms with van der Waals surface area (Å²) in [7, 11) is 0. The Bertz CT molecular complexity index is 33.8. The summed E-state index contributed by atoms with van der Waals surface area (Å²) >= 11 is 0. The summed E-state index contributed by atoms with van der Waals surface area (Å²) in [4.78, 5) is 8.25. The van der Waals surface area contributed by atoms with Gasteiger partial charge in [0.25, 0.3) is 0 Å². The molecule has 0 aliphatic carbocycles. The molecule has 4 nitrogen and oxygen atoms in total. The van der Waals surface area contributed by atoms with Gasteiger partial charge < -0.3 is 15.3 Å². The first kappa shape index (κ1) is 15.9. The van der Waals surface area contributed by atoms with E-state index in [1.807, 2.05) is 0 Å². The van der Waals surface area contributed by atoms with Crippen molar-refractivity contribution >= 4 is 27.3 Å². The van der Waals surface area contributed by atoms with Crippen LogP contribution >= 0.6 is 0 Å². The van der Waals surface area contributed by atoms with E-state index in [2.05, 4.69) is 0 Å². The molecule has 0 aliphatic heterocycles. The molecule has 6 heavy (non-hydrogen) atoms. The monoisotopic (exact) mass is 335 g/mol. The number of hydrogen-bond donors (Lipinski definition) is 0. The van der Waals surface area contributed by atoms with Gasteiger partial charge in [0.2, 0.25) is 0 Å². The Morgan fingerprint density at radius 2 is 1.33 bits per heavy atom. The maximum absolute atomic E-state index is 8.25. The maximum atomic E-state index is 8.25. The van der Waals surface area contributed by atoms with Gasteiger partial charge in [0.05, 0.1) is 5.09 Å². The molecule has 0 saturated heterocycles. The van der Waals surface area contributed by atoms with Crippen LogP contribution in [0.1, 0.15) is 0 Å². The van der Waals surface area contributed by atoms with Gasteiger partial charge in [-0.05, 0) is 0 Å². The Hall–Kier alpha value is 0.642. The molecule has 0 saturated carbocycles. The second kappa shape index (κ2) is 9.17. The van der Waals surface area contributed by atoms with Crippen molar-refractivity contribution in [2.45, 2.75) is 0 Å². The van der Waals surface area contributed by atoms with Crippen LogP contribution < -0.4 is 0 Å². The van der Waals surface area contributed by atoms with Crippen molar-refractivity contribution in [3.63, 3.8) is 0 Å². The zero-order chi connectivity index (χ0) is 3.58. The number of rotatable bonds is 0. The topological polar surface area (TPSA) is 66.2 Å². The summed E-state index contributed by atoms with van der Waals surface area (Å²) in [6.07, 6.45) is 0. The van der Waals surface area contributed by atoms with Gasteiger partial charge in [-0.25, -0.2) is 0 Å². The van der Waals surface area contributed by atoms with Crippen LogP contribution in [0.3, 0.4) is 0 Å². The summed E-state index contributed by atoms with van der Waals surface area (Å²) in [6.45, 7) is 0. The van der Waals surface area contributed by atoms with Crippen LogP contribution in [0.25, 0.3) is 0 Å². The molecule has 0 rings (SSSR count). The fourth-order valence-electron chi connectivity index (χ4n) is 0. The summed E-state index contributed by atoms with van der Waals surface area (Å²) in [5.41, 5.74) is 0. The summed E-state index contributed by atoms with van der Waals surface area (Å²) in [5.74, 6) is 0. The third-order valence-electron chi connectivity index (χ3n) is 0. The van der Waals surface area contributed by atoms with E-state index in [4.69, 9.17) is 15.3 Å². The van der Waals surface area contributed by atoms with E-state index in [0.717, 1.165) is 0 Å². The normalized spacial score (nSPS) is 4.00. The number of hydrogen-bond acceptors (Lipinski definition) is 3. The molecule has 0 atom stereocenters. The molecule has 0 heterocycles. The molecule has 0 aromatic heterocycles. The first-order valence-corrected chi connectivity index (χ1v) is 0.548. The molecule has 0 spiro atoms. The first-order chi connectivity index (χ1) is 1.73. The molecule has 0 N–H and O–H groups in total. The summed E-state index contributed by atoms with van der Waals surface area (Å²) < 4.78 is 0. The van der Waals surface area contributed by atoms with E-state index in [9.17, 15) is 0 Å². The van der Waals surface area contributed by atoms with Crippen LogP contribution in [0.4, 0.5) is 0 Å². The zero-order valence-electron chi connectivity index (χ0n) is 2.68. The van der Waals surface area contributed by atoms with Crippen LogP contribution in [0.5, 0.6) is 0 Å². The minimum atomic E-state index is -1.75. The van der Waals surface area contributed by atoms with Crippen LogP contribution in [-0.4, -0.2) is 32.4 Å². The molecule has 41 valence electrons. The van der Waals surface area contributed by atoms with Crippen molar-refractivity contribution in [1.29, 1.82) is 0 Å². The molecule has 6 heteroatoms. The van der Waals surface area contributed by atoms with Crippen molar-refractivity contribution in [3.8, 4) is 0 Å². The Kier molecular flexibility index (Phi) is 24.3. The van der Waals surface area contributed by atoms with E-state index in [0.29, 0.717) is 0 Å². The average molecular weight is 335 g/mol. The van der Waals surface area contributed by atoms with E-state index in [1.165, 1.54) is 0 Å². The van der Waals surface area contributed by atoms with Gasteiger partial charge in [0.15, 0.2) is 0 Å². The minimum absolute atomic E-state index is 0. The van der Waals surface area contributed by atoms with E-state index in [1.54, 1.807) is 0 Å². The van der Waals surface area contributed by atoms with Gasteiger partial charge in [-0.2, -0.15) is 0 Å². The zero-order valence-corrected chi connectivity index (χ0v) is 9.12. The van der Waals surface area contributed by atoms with Crippen LogP contribution in [0.2, 0.25) is 0 Å². The second-order valence-electron chi connectivity index (χ2n) is 0.224. The second-order valence-corrected chi connectivity index (χ2v) is 0.224. The van der Waals surface area contributed by atoms with Gasteiger partial charge in [0, 0.05) is 17.1 Å². The van der Waals surface area contributed by atoms with Gasteiger partial charge in [0.1, 0.15) is 0 Å². The molecular weight excluding hydrogens is 333 g/mol. The van der Waals surface area contributed by atoms with Crippen molar-refractivity contribution in [1.82, 2.24) is 0 Å². The predicted molar refractivity (Wildman–Crippen MR) is 18.9 cm³/mol. The van der Waals surface area contributed by atoms with Gasteiger partial charge >= 0.3 is 27.3 Å². The molecule has 0 aromatic rings. The van der Waals surface area contributed by atoms with Crippen molar-refractivity contribution in [3.05, 3.63) is 15.3 Å². The Morgan fingerprint density at radius 3 is 1.33 bits per heavy atom. The number of nitrogens with zero attached hydrogens (tertiary/aromatic N) is 1. The molecule has 0 fully saturated rings. The average Bonchev–Trinajstić information content (AvgIpc) is 0.811. The van der Waals surface area contributed by atoms with E-state index >= 15 is 0 Å². The molecule has 0 amide bonds. The van der Waals surface area contributed by atoms with Gasteiger partial charge in [-0.1, -0.05) is 0 Å². The quantitative estimate of drug-likeness (QED) is 0.319. The summed E-state index contributed by atoms with van der Waals surface area (Å²) in [5, 5.41) is 14.8. The van der Waals surface area contributed by atoms with E-state index in [-0.39, 0.29) is 44.4 Å². The first-order valence-electron chi connectivity index (χ1n) is 0.548. The van der Waals surface area contributed by atoms with Crippen LogP contribution in [0.15, 0.2) is 0 Å². The van der Waals surface area contributed by atoms with Gasteiger partial charge in [-0.3, -0.25) is 0 Å². The molecular formula is H2CuNO3Pb-. The third kappa shape index (κ3) is 150. The molecule has 0 aliphatic rings. The Balaban J connectivity index is -0.0000000450. The fourth-order valence-corrected chi connectivity index (χ4v) is 0. The van der Waals surface area contributed by atoms with Crippen molar-refractivity contribution in [2.75, 3.05) is 0 Å². The van der Waals surface area contributed by atoms with E-state index < -0.39 is 5.09 Å². The molecule has 0 aromatic carbocycles. The molecule has 3 radical (unpaired) electrons. The SMILES string of the molecule is O=[N+]([O-])[O-].[Cu].[PbH2]. The third-order valence-corrected chi connectivity index (χ3v) is 0. The van der Waals surface area contributed by atoms with Crippen LogP contribution in [0, 0.1) is 15.3 Å². The fraction of sp³-hybridized carbons (Fsp3) is 0. The molecule has 0 unspecified atom stereocenters. The standard InChI is InChI=1S/Cu.NO3.Pb.2H/c;2-1(3)4;;;/q;-1;;;.